The number of hydrogen-bond acceptors (Lipinski definition) is 0. The third kappa shape index (κ3) is 5.33. The number of allylic oxidation sites excluding steroid dienone is 2. The van der Waals surface area contributed by atoms with Crippen molar-refractivity contribution in [2.24, 2.45) is 0 Å². The maximum atomic E-state index is 2.46. The van der Waals surface area contributed by atoms with Crippen LogP contribution in [0.2, 0.25) is 26.2 Å². The minimum absolute atomic E-state index is 0.245. The smallest absolute Gasteiger partial charge is 0.0680 e. The zero-order valence-electron chi connectivity index (χ0n) is 11.3. The van der Waals surface area contributed by atoms with Gasteiger partial charge in [-0.25, -0.2) is 0 Å². The van der Waals surface area contributed by atoms with Crippen molar-refractivity contribution in [3.63, 3.8) is 0 Å². The van der Waals surface area contributed by atoms with Crippen LogP contribution in [0.5, 0.6) is 0 Å². The molecular weight excluding hydrogens is 236 g/mol. The second kappa shape index (κ2) is 7.46. The van der Waals surface area contributed by atoms with E-state index in [0.29, 0.717) is 0 Å². The van der Waals surface area contributed by atoms with Gasteiger partial charge in [-0.3, -0.25) is 0 Å². The predicted molar refractivity (Wildman–Crippen MR) is 83.1 cm³/mol. The fourth-order valence-corrected chi connectivity index (χ4v) is 6.91. The van der Waals surface area contributed by atoms with Gasteiger partial charge in [-0.1, -0.05) is 79.6 Å². The molecule has 0 saturated carbocycles. The van der Waals surface area contributed by atoms with Crippen LogP contribution in [-0.2, 0) is 0 Å². The van der Waals surface area contributed by atoms with Crippen molar-refractivity contribution < 1.29 is 0 Å². The minimum atomic E-state index is -0.245. The van der Waals surface area contributed by atoms with Gasteiger partial charge in [0, 0.05) is 0 Å². The highest BCUT2D eigenvalue weighted by Gasteiger charge is 2.09. The lowest BCUT2D eigenvalue weighted by atomic mass is 10.2. The summed E-state index contributed by atoms with van der Waals surface area (Å²) in [5.74, 6) is 0. The Labute approximate surface area is 109 Å². The summed E-state index contributed by atoms with van der Waals surface area (Å²) in [6.45, 7) is 9.59. The van der Waals surface area contributed by atoms with Gasteiger partial charge in [0.2, 0.25) is 0 Å². The average Bonchev–Trinajstić information content (AvgIpc) is 2.29. The molecule has 0 bridgehead atoms. The maximum absolute atomic E-state index is 2.46. The summed E-state index contributed by atoms with van der Waals surface area (Å²) in [5, 5.41) is 0. The van der Waals surface area contributed by atoms with Gasteiger partial charge in [-0.2, -0.15) is 0 Å². The van der Waals surface area contributed by atoms with E-state index in [1.165, 1.54) is 5.56 Å². The molecule has 0 N–H and O–H groups in total. The lowest BCUT2D eigenvalue weighted by Crippen LogP contribution is -2.18. The van der Waals surface area contributed by atoms with Gasteiger partial charge in [0.25, 0.3) is 0 Å². The molecule has 0 aliphatic rings. The fraction of sp³-hybridized carbons (Fsp3) is 0.333. The topological polar surface area (TPSA) is 0 Å². The summed E-state index contributed by atoms with van der Waals surface area (Å²) in [7, 11) is -0.489. The first-order valence-corrected chi connectivity index (χ1v) is 11.1. The van der Waals surface area contributed by atoms with E-state index in [-0.39, 0.29) is 17.6 Å². The lowest BCUT2D eigenvalue weighted by Gasteiger charge is -2.12. The van der Waals surface area contributed by atoms with Crippen LogP contribution < -0.4 is 0 Å². The van der Waals surface area contributed by atoms with Crippen molar-refractivity contribution >= 4 is 23.7 Å². The van der Waals surface area contributed by atoms with Gasteiger partial charge in [-0.15, -0.1) is 0 Å². The monoisotopic (exact) mass is 258 g/mol. The van der Waals surface area contributed by atoms with Crippen LogP contribution in [0.1, 0.15) is 12.0 Å². The Kier molecular flexibility index (Phi) is 6.23. The van der Waals surface area contributed by atoms with E-state index in [9.17, 15) is 0 Å². The third-order valence-electron chi connectivity index (χ3n) is 2.65. The van der Waals surface area contributed by atoms with Gasteiger partial charge in [0.15, 0.2) is 0 Å². The molecule has 0 spiro atoms. The Morgan fingerprint density at radius 1 is 1.00 bits per heavy atom. The highest BCUT2D eigenvalue weighted by atomic mass is 28.3. The van der Waals surface area contributed by atoms with Crippen LogP contribution in [0, 0.1) is 0 Å². The molecule has 0 nitrogen and oxygen atoms in total. The van der Waals surface area contributed by atoms with Crippen molar-refractivity contribution in [1.82, 2.24) is 0 Å². The highest BCUT2D eigenvalue weighted by molar-refractivity contribution is 6.86. The zero-order valence-corrected chi connectivity index (χ0v) is 13.3. The molecule has 17 heavy (non-hydrogen) atoms. The number of rotatable bonds is 5. The first kappa shape index (κ1) is 14.2. The summed E-state index contributed by atoms with van der Waals surface area (Å²) in [5.41, 5.74) is 1.29. The minimum Gasteiger partial charge on any atom is -0.0979 e. The molecule has 1 aromatic rings. The quantitative estimate of drug-likeness (QED) is 0.677. The summed E-state index contributed by atoms with van der Waals surface area (Å²) < 4.78 is 0. The van der Waals surface area contributed by atoms with E-state index in [1.807, 2.05) is 0 Å². The largest absolute Gasteiger partial charge is 0.0979 e. The van der Waals surface area contributed by atoms with E-state index in [4.69, 9.17) is 0 Å². The summed E-state index contributed by atoms with van der Waals surface area (Å²) in [6.07, 6.45) is 8.02. The third-order valence-corrected chi connectivity index (χ3v) is 8.21. The van der Waals surface area contributed by atoms with Crippen molar-refractivity contribution in [1.29, 1.82) is 0 Å². The van der Waals surface area contributed by atoms with Gasteiger partial charge >= 0.3 is 0 Å². The molecule has 90 valence electrons. The van der Waals surface area contributed by atoms with Crippen molar-refractivity contribution in [2.75, 3.05) is 0 Å². The van der Waals surface area contributed by atoms with Crippen LogP contribution in [0.3, 0.4) is 0 Å². The van der Waals surface area contributed by atoms with Crippen LogP contribution in [0.25, 0.3) is 6.08 Å². The maximum Gasteiger partial charge on any atom is 0.0680 e. The molecule has 0 heterocycles. The molecule has 2 heteroatoms. The SMILES string of the molecule is C[Si](C)C(=CCC=Cc1ccccc1)[Si](C)C. The fourth-order valence-electron chi connectivity index (χ4n) is 1.86. The Morgan fingerprint density at radius 3 is 2.12 bits per heavy atom. The summed E-state index contributed by atoms with van der Waals surface area (Å²) >= 11 is 0. The summed E-state index contributed by atoms with van der Waals surface area (Å²) in [4.78, 5) is 1.76. The van der Waals surface area contributed by atoms with Crippen LogP contribution >= 0.6 is 0 Å². The molecule has 0 atom stereocenters. The van der Waals surface area contributed by atoms with Gasteiger partial charge in [0.05, 0.1) is 17.6 Å². The van der Waals surface area contributed by atoms with E-state index >= 15 is 0 Å². The lowest BCUT2D eigenvalue weighted by molar-refractivity contribution is 1.40. The van der Waals surface area contributed by atoms with Crippen molar-refractivity contribution in [2.45, 2.75) is 32.6 Å². The number of benzene rings is 1. The Bertz CT molecular complexity index is 365. The molecule has 0 fully saturated rings. The molecule has 0 aromatic heterocycles. The molecule has 0 saturated heterocycles. The highest BCUT2D eigenvalue weighted by Crippen LogP contribution is 2.09. The first-order chi connectivity index (χ1) is 8.11. The predicted octanol–water partition coefficient (Wildman–Crippen LogP) is 4.60. The second-order valence-electron chi connectivity index (χ2n) is 4.67. The molecule has 1 aromatic carbocycles. The Hall–Kier alpha value is -0.866. The standard InChI is InChI=1S/C15H22Si2/c1-16(2)15(17(3)4)13-9-8-12-14-10-6-5-7-11-14/h5-8,10-13H,9H2,1-4H3. The van der Waals surface area contributed by atoms with E-state index in [1.54, 1.807) is 4.82 Å². The van der Waals surface area contributed by atoms with Crippen LogP contribution in [0.15, 0.2) is 47.3 Å². The van der Waals surface area contributed by atoms with E-state index in [2.05, 4.69) is 74.7 Å². The zero-order chi connectivity index (χ0) is 12.7. The molecule has 1 rings (SSSR count). The number of hydrogen-bond donors (Lipinski definition) is 0. The average molecular weight is 259 g/mol. The molecule has 0 aliphatic carbocycles. The van der Waals surface area contributed by atoms with Gasteiger partial charge in [0.1, 0.15) is 0 Å². The Balaban J connectivity index is 2.56. The Morgan fingerprint density at radius 2 is 1.59 bits per heavy atom. The van der Waals surface area contributed by atoms with Crippen molar-refractivity contribution in [3.8, 4) is 0 Å². The summed E-state index contributed by atoms with van der Waals surface area (Å²) in [6, 6.07) is 10.5. The molecule has 0 unspecified atom stereocenters. The molecular formula is C15H22Si2. The molecule has 2 radical (unpaired) electrons. The van der Waals surface area contributed by atoms with E-state index < -0.39 is 0 Å². The van der Waals surface area contributed by atoms with E-state index in [0.717, 1.165) is 6.42 Å². The molecule has 0 aliphatic heterocycles. The van der Waals surface area contributed by atoms with Gasteiger partial charge in [-0.05, 0) is 12.0 Å². The second-order valence-corrected chi connectivity index (χ2v) is 10.2. The van der Waals surface area contributed by atoms with Gasteiger partial charge < -0.3 is 0 Å². The molecule has 0 amide bonds. The van der Waals surface area contributed by atoms with Crippen molar-refractivity contribution in [3.05, 3.63) is 52.9 Å². The normalized spacial score (nSPS) is 11.4. The first-order valence-electron chi connectivity index (χ1n) is 6.14. The van der Waals surface area contributed by atoms with Crippen LogP contribution in [-0.4, -0.2) is 17.6 Å². The van der Waals surface area contributed by atoms with Crippen LogP contribution in [0.4, 0.5) is 0 Å².